The molecule has 0 aliphatic carbocycles. The molecule has 0 spiro atoms. The smallest absolute Gasteiger partial charge is 0.230 e. The number of nitrogens with one attached hydrogen (secondary N) is 1. The molecule has 39 heavy (non-hydrogen) atoms. The van der Waals surface area contributed by atoms with E-state index in [4.69, 9.17) is 23.2 Å². The van der Waals surface area contributed by atoms with Crippen LogP contribution in [0.25, 0.3) is 11.4 Å². The van der Waals surface area contributed by atoms with Crippen molar-refractivity contribution >= 4 is 52.5 Å². The number of hydrogen-bond donors (Lipinski definition) is 1. The molecule has 4 heterocycles. The summed E-state index contributed by atoms with van der Waals surface area (Å²) in [5, 5.41) is 12.1. The van der Waals surface area contributed by atoms with E-state index in [-0.39, 0.29) is 29.4 Å². The largest absolute Gasteiger partial charge is 0.352 e. The van der Waals surface area contributed by atoms with Gasteiger partial charge in [-0.1, -0.05) is 30.1 Å². The maximum Gasteiger partial charge on any atom is 0.230 e. The van der Waals surface area contributed by atoms with Crippen LogP contribution in [0.3, 0.4) is 0 Å². The molecule has 2 amide bonds. The highest BCUT2D eigenvalue weighted by Gasteiger charge is 2.24. The van der Waals surface area contributed by atoms with Crippen LogP contribution in [0.5, 0.6) is 0 Å². The molecule has 4 aromatic heterocycles. The highest BCUT2D eigenvalue weighted by Crippen LogP contribution is 2.28. The van der Waals surface area contributed by atoms with Crippen LogP contribution in [0.4, 0.5) is 5.69 Å². The fourth-order valence-electron chi connectivity index (χ4n) is 3.76. The minimum atomic E-state index is -0.270. The summed E-state index contributed by atoms with van der Waals surface area (Å²) >= 11 is 14.2. The van der Waals surface area contributed by atoms with E-state index < -0.39 is 0 Å². The van der Waals surface area contributed by atoms with Gasteiger partial charge in [0.25, 0.3) is 0 Å². The van der Waals surface area contributed by atoms with Gasteiger partial charge >= 0.3 is 0 Å². The quantitative estimate of drug-likeness (QED) is 0.242. The van der Waals surface area contributed by atoms with Crippen molar-refractivity contribution in [1.29, 1.82) is 0 Å². The molecule has 1 N–H and O–H groups in total. The van der Waals surface area contributed by atoms with Gasteiger partial charge in [-0.2, -0.15) is 22.0 Å². The molecule has 0 radical (unpaired) electrons. The van der Waals surface area contributed by atoms with Crippen LogP contribution < -0.4 is 10.2 Å². The van der Waals surface area contributed by atoms with Gasteiger partial charge in [-0.15, -0.1) is 0 Å². The zero-order chi connectivity index (χ0) is 27.8. The van der Waals surface area contributed by atoms with Gasteiger partial charge in [-0.25, -0.2) is 9.36 Å². The summed E-state index contributed by atoms with van der Waals surface area (Å²) in [6.07, 6.45) is 10.5. The Morgan fingerprint density at radius 2 is 1.67 bits per heavy atom. The molecule has 4 rings (SSSR count). The Kier molecular flexibility index (Phi) is 9.96. The van der Waals surface area contributed by atoms with Crippen molar-refractivity contribution in [3.63, 3.8) is 0 Å². The minimum Gasteiger partial charge on any atom is -0.352 e. The first kappa shape index (κ1) is 28.6. The predicted molar refractivity (Wildman–Crippen MR) is 154 cm³/mol. The molecular formula is C26H28Cl2N8O2S. The molecule has 0 aliphatic heterocycles. The fourth-order valence-corrected chi connectivity index (χ4v) is 5.19. The predicted octanol–water partition coefficient (Wildman–Crippen LogP) is 4.58. The lowest BCUT2D eigenvalue weighted by atomic mass is 10.2. The van der Waals surface area contributed by atoms with Gasteiger partial charge in [0.05, 0.1) is 30.0 Å². The SMILES string of the molecule is CCN(C(=O)C(C)CSCCC(=O)NCc1cn(-c2cccnc2)nc1Cl)c1cn(-c2cccnc2)nc1Cl. The number of thioether (sulfide) groups is 1. The van der Waals surface area contributed by atoms with Gasteiger partial charge in [0, 0.05) is 61.1 Å². The maximum atomic E-state index is 13.2. The zero-order valence-electron chi connectivity index (χ0n) is 21.5. The first-order valence-corrected chi connectivity index (χ1v) is 14.2. The van der Waals surface area contributed by atoms with Gasteiger partial charge < -0.3 is 10.2 Å². The number of pyridine rings is 2. The van der Waals surface area contributed by atoms with Crippen LogP contribution in [0.2, 0.25) is 10.3 Å². The summed E-state index contributed by atoms with van der Waals surface area (Å²) in [5.41, 5.74) is 2.80. The van der Waals surface area contributed by atoms with Crippen molar-refractivity contribution in [3.05, 3.63) is 77.3 Å². The first-order chi connectivity index (χ1) is 18.9. The summed E-state index contributed by atoms with van der Waals surface area (Å²) in [7, 11) is 0. The molecule has 1 atom stereocenters. The number of halogens is 2. The standard InChI is InChI=1S/C26H28Cl2N8O2S/c1-3-34(22-16-36(33-25(22)28)21-7-5-10-30-14-21)26(38)18(2)17-39-11-8-23(37)31-12-19-15-35(32-24(19)27)20-6-4-9-29-13-20/h4-7,9-10,13-16,18H,3,8,11-12,17H2,1-2H3,(H,31,37). The van der Waals surface area contributed by atoms with Crippen molar-refractivity contribution in [2.45, 2.75) is 26.8 Å². The molecule has 4 aromatic rings. The monoisotopic (exact) mass is 586 g/mol. The van der Waals surface area contributed by atoms with Crippen LogP contribution in [-0.4, -0.2) is 59.4 Å². The summed E-state index contributed by atoms with van der Waals surface area (Å²) in [6.45, 7) is 4.50. The van der Waals surface area contributed by atoms with E-state index in [2.05, 4.69) is 25.5 Å². The van der Waals surface area contributed by atoms with E-state index in [9.17, 15) is 9.59 Å². The van der Waals surface area contributed by atoms with Crippen molar-refractivity contribution in [2.75, 3.05) is 23.0 Å². The molecule has 0 aromatic carbocycles. The van der Waals surface area contributed by atoms with Crippen LogP contribution >= 0.6 is 35.0 Å². The topological polar surface area (TPSA) is 111 Å². The Morgan fingerprint density at radius 3 is 2.28 bits per heavy atom. The number of anilines is 1. The van der Waals surface area contributed by atoms with E-state index in [1.54, 1.807) is 69.3 Å². The number of carbonyl (C=O) groups excluding carboxylic acids is 2. The lowest BCUT2D eigenvalue weighted by Gasteiger charge is -2.23. The lowest BCUT2D eigenvalue weighted by Crippen LogP contribution is -2.36. The first-order valence-electron chi connectivity index (χ1n) is 12.3. The third kappa shape index (κ3) is 7.37. The van der Waals surface area contributed by atoms with Crippen LogP contribution in [0.1, 0.15) is 25.8 Å². The van der Waals surface area contributed by atoms with Gasteiger partial charge in [-0.3, -0.25) is 19.6 Å². The van der Waals surface area contributed by atoms with Gasteiger partial charge in [0.2, 0.25) is 11.8 Å². The molecule has 0 saturated heterocycles. The molecule has 204 valence electrons. The number of amides is 2. The summed E-state index contributed by atoms with van der Waals surface area (Å²) in [4.78, 5) is 35.4. The second kappa shape index (κ2) is 13.6. The normalized spacial score (nSPS) is 11.8. The van der Waals surface area contributed by atoms with Crippen molar-refractivity contribution in [1.82, 2.24) is 34.8 Å². The number of rotatable bonds is 12. The maximum absolute atomic E-state index is 13.2. The average Bonchev–Trinajstić information content (AvgIpc) is 3.53. The van der Waals surface area contributed by atoms with E-state index >= 15 is 0 Å². The van der Waals surface area contributed by atoms with Crippen LogP contribution in [0.15, 0.2) is 61.4 Å². The van der Waals surface area contributed by atoms with E-state index in [0.29, 0.717) is 40.9 Å². The van der Waals surface area contributed by atoms with Crippen LogP contribution in [-0.2, 0) is 16.1 Å². The lowest BCUT2D eigenvalue weighted by molar-refractivity contribution is -0.121. The van der Waals surface area contributed by atoms with E-state index in [1.807, 2.05) is 32.0 Å². The number of nitrogens with zero attached hydrogens (tertiary/aromatic N) is 7. The molecule has 13 heteroatoms. The molecule has 0 aliphatic rings. The summed E-state index contributed by atoms with van der Waals surface area (Å²) in [5.74, 6) is 0.727. The Balaban J connectivity index is 1.23. The van der Waals surface area contributed by atoms with Crippen molar-refractivity contribution in [2.24, 2.45) is 5.92 Å². The zero-order valence-corrected chi connectivity index (χ0v) is 23.8. The molecule has 0 fully saturated rings. The van der Waals surface area contributed by atoms with Gasteiger partial charge in [0.15, 0.2) is 10.3 Å². The minimum absolute atomic E-state index is 0.0534. The van der Waals surface area contributed by atoms with E-state index in [1.165, 1.54) is 0 Å². The van der Waals surface area contributed by atoms with E-state index in [0.717, 1.165) is 11.4 Å². The Hall–Kier alpha value is -3.41. The molecule has 0 saturated carbocycles. The van der Waals surface area contributed by atoms with Crippen LogP contribution in [0, 0.1) is 5.92 Å². The highest BCUT2D eigenvalue weighted by atomic mass is 35.5. The summed E-state index contributed by atoms with van der Waals surface area (Å²) in [6, 6.07) is 7.34. The number of aromatic nitrogens is 6. The molecular weight excluding hydrogens is 559 g/mol. The second-order valence-electron chi connectivity index (χ2n) is 8.65. The molecule has 0 bridgehead atoms. The number of hydrogen-bond acceptors (Lipinski definition) is 7. The third-order valence-corrected chi connectivity index (χ3v) is 7.64. The summed E-state index contributed by atoms with van der Waals surface area (Å²) < 4.78 is 3.23. The van der Waals surface area contributed by atoms with Crippen molar-refractivity contribution < 1.29 is 9.59 Å². The Labute approximate surface area is 240 Å². The highest BCUT2D eigenvalue weighted by molar-refractivity contribution is 7.99. The third-order valence-electron chi connectivity index (χ3n) is 5.82. The van der Waals surface area contributed by atoms with Crippen molar-refractivity contribution in [3.8, 4) is 11.4 Å². The Bertz CT molecular complexity index is 1400. The second-order valence-corrected chi connectivity index (χ2v) is 10.5. The fraction of sp³-hybridized carbons (Fsp3) is 0.308. The Morgan fingerprint density at radius 1 is 1.03 bits per heavy atom. The average molecular weight is 588 g/mol. The molecule has 10 nitrogen and oxygen atoms in total. The van der Waals surface area contributed by atoms with Gasteiger partial charge in [-0.05, 0) is 31.2 Å². The van der Waals surface area contributed by atoms with Gasteiger partial charge in [0.1, 0.15) is 5.69 Å². The molecule has 1 unspecified atom stereocenters. The number of carbonyl (C=O) groups is 2.